The maximum Gasteiger partial charge on any atom is 0.149 e. The molecular formula is C25H24N4. The molecule has 2 aromatic heterocycles. The van der Waals surface area contributed by atoms with Gasteiger partial charge in [-0.2, -0.15) is 5.26 Å². The van der Waals surface area contributed by atoms with Crippen LogP contribution in [0.25, 0.3) is 28.4 Å². The summed E-state index contributed by atoms with van der Waals surface area (Å²) in [6.45, 7) is 10.5. The molecule has 0 unspecified atom stereocenters. The van der Waals surface area contributed by atoms with Crippen LogP contribution in [-0.4, -0.2) is 14.5 Å². The van der Waals surface area contributed by atoms with E-state index in [1.165, 1.54) is 11.1 Å². The summed E-state index contributed by atoms with van der Waals surface area (Å²) >= 11 is 0. The van der Waals surface area contributed by atoms with Crippen LogP contribution >= 0.6 is 0 Å². The van der Waals surface area contributed by atoms with Gasteiger partial charge in [0.2, 0.25) is 0 Å². The van der Waals surface area contributed by atoms with Gasteiger partial charge in [0.15, 0.2) is 0 Å². The van der Waals surface area contributed by atoms with Gasteiger partial charge in [0.1, 0.15) is 11.9 Å². The number of aromatic amines is 1. The number of H-pyrrole nitrogens is 1. The van der Waals surface area contributed by atoms with E-state index in [0.29, 0.717) is 11.4 Å². The van der Waals surface area contributed by atoms with E-state index in [2.05, 4.69) is 72.6 Å². The number of aryl methyl sites for hydroxylation is 4. The summed E-state index contributed by atoms with van der Waals surface area (Å²) < 4.78 is 2.23. The number of imidazole rings is 1. The fraction of sp³-hybridized carbons (Fsp3) is 0.200. The van der Waals surface area contributed by atoms with Crippen LogP contribution in [0.4, 0.5) is 0 Å². The number of fused-ring (bicyclic) bond motifs is 1. The summed E-state index contributed by atoms with van der Waals surface area (Å²) in [5, 5.41) is 9.79. The molecule has 0 bridgehead atoms. The van der Waals surface area contributed by atoms with Crippen molar-refractivity contribution in [3.63, 3.8) is 0 Å². The zero-order valence-corrected chi connectivity index (χ0v) is 17.5. The van der Waals surface area contributed by atoms with Crippen LogP contribution in [0.2, 0.25) is 0 Å². The van der Waals surface area contributed by atoms with E-state index in [4.69, 9.17) is 0 Å². The first kappa shape index (κ1) is 18.8. The highest BCUT2D eigenvalue weighted by atomic mass is 15.0. The highest BCUT2D eigenvalue weighted by Crippen LogP contribution is 2.26. The summed E-state index contributed by atoms with van der Waals surface area (Å²) in [5.74, 6) is 0.601. The average molecular weight is 380 g/mol. The predicted molar refractivity (Wildman–Crippen MR) is 119 cm³/mol. The van der Waals surface area contributed by atoms with Gasteiger partial charge < -0.3 is 9.55 Å². The third kappa shape index (κ3) is 3.36. The second-order valence-corrected chi connectivity index (χ2v) is 7.71. The standard InChI is InChI=1S/C25H24N4/c1-15-6-9-23-24(10-15)28-25(27-23)21(14-26)13-20-12-18(4)29(19(20)5)22-8-7-16(2)17(3)11-22/h6-13H,1-5H3,(H,27,28). The van der Waals surface area contributed by atoms with Crippen molar-refractivity contribution in [1.82, 2.24) is 14.5 Å². The molecule has 2 aromatic carbocycles. The molecule has 0 fully saturated rings. The van der Waals surface area contributed by atoms with E-state index in [-0.39, 0.29) is 0 Å². The minimum Gasteiger partial charge on any atom is -0.337 e. The van der Waals surface area contributed by atoms with Crippen molar-refractivity contribution in [3.05, 3.63) is 81.9 Å². The smallest absolute Gasteiger partial charge is 0.149 e. The van der Waals surface area contributed by atoms with Gasteiger partial charge in [-0.1, -0.05) is 12.1 Å². The Labute approximate surface area is 171 Å². The minimum absolute atomic E-state index is 0.527. The van der Waals surface area contributed by atoms with Crippen LogP contribution in [0, 0.1) is 45.9 Å². The number of nitriles is 1. The molecule has 2 heterocycles. The summed E-state index contributed by atoms with van der Waals surface area (Å²) in [6.07, 6.45) is 1.92. The van der Waals surface area contributed by atoms with E-state index in [9.17, 15) is 5.26 Å². The molecule has 0 radical (unpaired) electrons. The molecule has 0 atom stereocenters. The number of aromatic nitrogens is 3. The number of allylic oxidation sites excluding steroid dienone is 1. The Morgan fingerprint density at radius 1 is 1.00 bits per heavy atom. The van der Waals surface area contributed by atoms with Crippen LogP contribution in [-0.2, 0) is 0 Å². The predicted octanol–water partition coefficient (Wildman–Crippen LogP) is 5.96. The third-order valence-electron chi connectivity index (χ3n) is 5.53. The van der Waals surface area contributed by atoms with E-state index in [0.717, 1.165) is 39.2 Å². The lowest BCUT2D eigenvalue weighted by atomic mass is 10.1. The lowest BCUT2D eigenvalue weighted by molar-refractivity contribution is 0.961. The number of rotatable bonds is 3. The molecule has 0 aliphatic heterocycles. The molecule has 0 spiro atoms. The highest BCUT2D eigenvalue weighted by Gasteiger charge is 2.13. The van der Waals surface area contributed by atoms with Gasteiger partial charge in [0, 0.05) is 17.1 Å². The van der Waals surface area contributed by atoms with Gasteiger partial charge in [0.05, 0.1) is 16.6 Å². The highest BCUT2D eigenvalue weighted by molar-refractivity contribution is 5.91. The Bertz CT molecular complexity index is 1310. The second-order valence-electron chi connectivity index (χ2n) is 7.71. The Morgan fingerprint density at radius 3 is 2.52 bits per heavy atom. The summed E-state index contributed by atoms with van der Waals surface area (Å²) in [7, 11) is 0. The monoisotopic (exact) mass is 380 g/mol. The van der Waals surface area contributed by atoms with Gasteiger partial charge in [-0.25, -0.2) is 4.98 Å². The van der Waals surface area contributed by atoms with Gasteiger partial charge in [-0.3, -0.25) is 0 Å². The molecular weight excluding hydrogens is 356 g/mol. The molecule has 4 nitrogen and oxygen atoms in total. The van der Waals surface area contributed by atoms with Gasteiger partial charge in [-0.05, 0) is 93.3 Å². The number of hydrogen-bond acceptors (Lipinski definition) is 2. The molecule has 0 amide bonds. The Balaban J connectivity index is 1.80. The normalized spacial score (nSPS) is 11.8. The maximum absolute atomic E-state index is 9.79. The van der Waals surface area contributed by atoms with Crippen LogP contribution in [0.5, 0.6) is 0 Å². The van der Waals surface area contributed by atoms with Gasteiger partial charge in [0.25, 0.3) is 0 Å². The summed E-state index contributed by atoms with van der Waals surface area (Å²) in [5.41, 5.74) is 10.4. The molecule has 0 saturated heterocycles. The molecule has 4 rings (SSSR count). The lowest BCUT2D eigenvalue weighted by Crippen LogP contribution is -2.00. The summed E-state index contributed by atoms with van der Waals surface area (Å²) in [4.78, 5) is 7.89. The van der Waals surface area contributed by atoms with Crippen LogP contribution in [0.3, 0.4) is 0 Å². The van der Waals surface area contributed by atoms with Crippen molar-refractivity contribution in [1.29, 1.82) is 5.26 Å². The van der Waals surface area contributed by atoms with Gasteiger partial charge >= 0.3 is 0 Å². The van der Waals surface area contributed by atoms with E-state index in [1.807, 2.05) is 31.2 Å². The van der Waals surface area contributed by atoms with E-state index >= 15 is 0 Å². The van der Waals surface area contributed by atoms with Gasteiger partial charge in [-0.15, -0.1) is 0 Å². The van der Waals surface area contributed by atoms with Crippen molar-refractivity contribution in [3.8, 4) is 11.8 Å². The molecule has 1 N–H and O–H groups in total. The quantitative estimate of drug-likeness (QED) is 0.446. The number of benzene rings is 2. The fourth-order valence-electron chi connectivity index (χ4n) is 3.76. The summed E-state index contributed by atoms with van der Waals surface area (Å²) in [6, 6.07) is 17.0. The fourth-order valence-corrected chi connectivity index (χ4v) is 3.76. The number of hydrogen-bond donors (Lipinski definition) is 1. The molecule has 144 valence electrons. The Hall–Kier alpha value is -3.58. The van der Waals surface area contributed by atoms with Crippen molar-refractivity contribution in [2.24, 2.45) is 0 Å². The molecule has 29 heavy (non-hydrogen) atoms. The molecule has 0 aliphatic rings. The topological polar surface area (TPSA) is 57.4 Å². The largest absolute Gasteiger partial charge is 0.337 e. The second kappa shape index (κ2) is 7.10. The van der Waals surface area contributed by atoms with Crippen molar-refractivity contribution < 1.29 is 0 Å². The van der Waals surface area contributed by atoms with Crippen molar-refractivity contribution in [2.75, 3.05) is 0 Å². The van der Waals surface area contributed by atoms with Crippen LogP contribution in [0.1, 0.15) is 39.5 Å². The first-order valence-electron chi connectivity index (χ1n) is 9.72. The minimum atomic E-state index is 0.527. The molecule has 4 aromatic rings. The van der Waals surface area contributed by atoms with Crippen molar-refractivity contribution in [2.45, 2.75) is 34.6 Å². The first-order valence-corrected chi connectivity index (χ1v) is 9.72. The maximum atomic E-state index is 9.79. The zero-order chi connectivity index (χ0) is 20.7. The van der Waals surface area contributed by atoms with Crippen molar-refractivity contribution >= 4 is 22.7 Å². The molecule has 4 heteroatoms. The Kier molecular flexibility index (Phi) is 4.60. The average Bonchev–Trinajstić information content (AvgIpc) is 3.22. The Morgan fingerprint density at radius 2 is 1.79 bits per heavy atom. The number of nitrogens with one attached hydrogen (secondary N) is 1. The van der Waals surface area contributed by atoms with Crippen LogP contribution < -0.4 is 0 Å². The molecule has 0 saturated carbocycles. The van der Waals surface area contributed by atoms with E-state index < -0.39 is 0 Å². The van der Waals surface area contributed by atoms with E-state index in [1.54, 1.807) is 0 Å². The number of nitrogens with zero attached hydrogens (tertiary/aromatic N) is 3. The first-order chi connectivity index (χ1) is 13.9. The SMILES string of the molecule is Cc1ccc2nc(C(C#N)=Cc3cc(C)n(-c4ccc(C)c(C)c4)c3C)[nH]c2c1. The third-order valence-corrected chi connectivity index (χ3v) is 5.53. The molecule has 0 aliphatic carbocycles. The lowest BCUT2D eigenvalue weighted by Gasteiger charge is -2.11. The van der Waals surface area contributed by atoms with Crippen LogP contribution in [0.15, 0.2) is 42.5 Å². The zero-order valence-electron chi connectivity index (χ0n) is 17.5.